The third-order valence-electron chi connectivity index (χ3n) is 3.01. The monoisotopic (exact) mass is 265 g/mol. The maximum atomic E-state index is 11.7. The normalized spacial score (nSPS) is 23.1. The average molecular weight is 265 g/mol. The maximum absolute atomic E-state index is 11.7. The summed E-state index contributed by atoms with van der Waals surface area (Å²) in [6.07, 6.45) is 0. The molecule has 1 aromatic carbocycles. The summed E-state index contributed by atoms with van der Waals surface area (Å²) in [6, 6.07) is 7.13. The van der Waals surface area contributed by atoms with E-state index in [1.54, 1.807) is 0 Å². The lowest BCUT2D eigenvalue weighted by atomic mass is 10.1. The minimum absolute atomic E-state index is 0.191. The quantitative estimate of drug-likeness (QED) is 0.889. The molecule has 0 aromatic heterocycles. The summed E-state index contributed by atoms with van der Waals surface area (Å²) in [5, 5.41) is 8.94. The van der Waals surface area contributed by atoms with Gasteiger partial charge in [-0.1, -0.05) is 29.8 Å². The molecule has 1 aliphatic heterocycles. The minimum atomic E-state index is -0.938. The molecule has 0 radical (unpaired) electrons. The Kier molecular flexibility index (Phi) is 3.61. The van der Waals surface area contributed by atoms with Crippen LogP contribution in [0.5, 0.6) is 0 Å². The van der Waals surface area contributed by atoms with E-state index in [2.05, 4.69) is 0 Å². The smallest absolute Gasteiger partial charge is 0.327 e. The van der Waals surface area contributed by atoms with Crippen molar-refractivity contribution < 1.29 is 14.7 Å². The summed E-state index contributed by atoms with van der Waals surface area (Å²) in [6.45, 7) is 3.41. The van der Waals surface area contributed by atoms with E-state index in [4.69, 9.17) is 5.11 Å². The second-order valence-corrected chi connectivity index (χ2v) is 5.49. The molecule has 0 saturated carbocycles. The zero-order valence-electron chi connectivity index (χ0n) is 10.3. The molecule has 1 heterocycles. The predicted molar refractivity (Wildman–Crippen MR) is 70.3 cm³/mol. The molecule has 1 aliphatic rings. The van der Waals surface area contributed by atoms with Crippen molar-refractivity contribution in [2.75, 3.05) is 5.75 Å². The lowest BCUT2D eigenvalue weighted by Gasteiger charge is -2.26. The molecule has 1 aromatic rings. The summed E-state index contributed by atoms with van der Waals surface area (Å²) in [5.74, 6) is -0.696. The van der Waals surface area contributed by atoms with E-state index in [-0.39, 0.29) is 11.3 Å². The molecule has 0 aliphatic carbocycles. The fourth-order valence-corrected chi connectivity index (χ4v) is 3.54. The Morgan fingerprint density at radius 1 is 1.33 bits per heavy atom. The number of aryl methyl sites for hydroxylation is 1. The van der Waals surface area contributed by atoms with Crippen molar-refractivity contribution in [1.82, 2.24) is 4.90 Å². The van der Waals surface area contributed by atoms with Gasteiger partial charge in [-0.2, -0.15) is 0 Å². The van der Waals surface area contributed by atoms with Gasteiger partial charge in [-0.3, -0.25) is 4.79 Å². The molecule has 2 atom stereocenters. The number of amides is 1. The number of carbonyl (C=O) groups is 2. The fraction of sp³-hybridized carbons (Fsp3) is 0.385. The molecule has 18 heavy (non-hydrogen) atoms. The molecule has 5 heteroatoms. The minimum Gasteiger partial charge on any atom is -0.480 e. The van der Waals surface area contributed by atoms with Crippen molar-refractivity contribution in [1.29, 1.82) is 0 Å². The summed E-state index contributed by atoms with van der Waals surface area (Å²) in [5.41, 5.74) is 2.12. The number of rotatable bonds is 2. The maximum Gasteiger partial charge on any atom is 0.327 e. The van der Waals surface area contributed by atoms with Crippen LogP contribution in [0.3, 0.4) is 0 Å². The molecule has 0 bridgehead atoms. The standard InChI is InChI=1S/C13H15NO3S/c1-8-3-5-10(6-4-8)12-14(9(2)15)11(7-18-12)13(16)17/h3-6,11-12H,7H2,1-2H3,(H,16,17)/t11-,12-/m0/s1. The molecule has 1 N–H and O–H groups in total. The fourth-order valence-electron chi connectivity index (χ4n) is 2.07. The van der Waals surface area contributed by atoms with Crippen molar-refractivity contribution in [2.24, 2.45) is 0 Å². The molecule has 1 amide bonds. The van der Waals surface area contributed by atoms with E-state index in [0.717, 1.165) is 11.1 Å². The topological polar surface area (TPSA) is 57.6 Å². The highest BCUT2D eigenvalue weighted by atomic mass is 32.2. The Labute approximate surface area is 110 Å². The highest BCUT2D eigenvalue weighted by Crippen LogP contribution is 2.41. The van der Waals surface area contributed by atoms with Crippen molar-refractivity contribution in [3.63, 3.8) is 0 Å². The first kappa shape index (κ1) is 13.0. The largest absolute Gasteiger partial charge is 0.480 e. The summed E-state index contributed by atoms with van der Waals surface area (Å²) < 4.78 is 0. The second-order valence-electron chi connectivity index (χ2n) is 4.38. The van der Waals surface area contributed by atoms with Crippen molar-refractivity contribution in [2.45, 2.75) is 25.3 Å². The molecule has 1 saturated heterocycles. The molecule has 96 valence electrons. The Morgan fingerprint density at radius 3 is 2.44 bits per heavy atom. The van der Waals surface area contributed by atoms with Gasteiger partial charge in [0.05, 0.1) is 0 Å². The summed E-state index contributed by atoms with van der Waals surface area (Å²) in [4.78, 5) is 24.3. The van der Waals surface area contributed by atoms with Crippen LogP contribution in [0.2, 0.25) is 0 Å². The molecule has 4 nitrogen and oxygen atoms in total. The van der Waals surface area contributed by atoms with Gasteiger partial charge >= 0.3 is 5.97 Å². The number of hydrogen-bond acceptors (Lipinski definition) is 3. The van der Waals surface area contributed by atoms with Crippen molar-refractivity contribution >= 4 is 23.6 Å². The van der Waals surface area contributed by atoms with Gasteiger partial charge in [0, 0.05) is 12.7 Å². The van der Waals surface area contributed by atoms with E-state index in [1.807, 2.05) is 31.2 Å². The first-order chi connectivity index (χ1) is 8.50. The summed E-state index contributed by atoms with van der Waals surface area (Å²) >= 11 is 1.50. The number of carboxylic acids is 1. The number of thioether (sulfide) groups is 1. The lowest BCUT2D eigenvalue weighted by molar-refractivity contribution is -0.148. The Morgan fingerprint density at radius 2 is 1.94 bits per heavy atom. The third kappa shape index (κ3) is 2.36. The van der Waals surface area contributed by atoms with Gasteiger partial charge in [0.25, 0.3) is 0 Å². The van der Waals surface area contributed by atoms with Crippen LogP contribution in [0.25, 0.3) is 0 Å². The number of aliphatic carboxylic acids is 1. The number of carbonyl (C=O) groups excluding carboxylic acids is 1. The van der Waals surface area contributed by atoms with Gasteiger partial charge in [0.1, 0.15) is 11.4 Å². The van der Waals surface area contributed by atoms with E-state index < -0.39 is 12.0 Å². The van der Waals surface area contributed by atoms with Crippen molar-refractivity contribution in [3.8, 4) is 0 Å². The van der Waals surface area contributed by atoms with E-state index in [1.165, 1.54) is 23.6 Å². The average Bonchev–Trinajstić information content (AvgIpc) is 2.74. The SMILES string of the molecule is CC(=O)N1[C@H](C(=O)O)CS[C@H]1c1ccc(C)cc1. The van der Waals surface area contributed by atoms with Gasteiger partial charge in [0.2, 0.25) is 5.91 Å². The molecule has 0 unspecified atom stereocenters. The number of carboxylic acid groups (broad SMARTS) is 1. The first-order valence-electron chi connectivity index (χ1n) is 5.70. The Hall–Kier alpha value is -1.49. The molecular formula is C13H15NO3S. The van der Waals surface area contributed by atoms with Gasteiger partial charge in [-0.05, 0) is 12.5 Å². The van der Waals surface area contributed by atoms with Crippen LogP contribution in [-0.2, 0) is 9.59 Å². The highest BCUT2D eigenvalue weighted by molar-refractivity contribution is 7.99. The van der Waals surface area contributed by atoms with Crippen LogP contribution >= 0.6 is 11.8 Å². The van der Waals surface area contributed by atoms with E-state index in [9.17, 15) is 9.59 Å². The third-order valence-corrected chi connectivity index (χ3v) is 4.33. The van der Waals surface area contributed by atoms with Gasteiger partial charge in [-0.15, -0.1) is 11.8 Å². The number of nitrogens with zero attached hydrogens (tertiary/aromatic N) is 1. The predicted octanol–water partition coefficient (Wildman–Crippen LogP) is 2.04. The first-order valence-corrected chi connectivity index (χ1v) is 6.75. The number of hydrogen-bond donors (Lipinski definition) is 1. The molecule has 1 fully saturated rings. The van der Waals surface area contributed by atoms with Crippen molar-refractivity contribution in [3.05, 3.63) is 35.4 Å². The van der Waals surface area contributed by atoms with Crippen LogP contribution in [0.15, 0.2) is 24.3 Å². The molecular weight excluding hydrogens is 250 g/mol. The molecule has 2 rings (SSSR count). The molecule has 0 spiro atoms. The van der Waals surface area contributed by atoms with E-state index in [0.29, 0.717) is 5.75 Å². The van der Waals surface area contributed by atoms with Gasteiger partial charge in [-0.25, -0.2) is 4.79 Å². The van der Waals surface area contributed by atoms with Gasteiger partial charge in [0.15, 0.2) is 0 Å². The Bertz CT molecular complexity index is 472. The summed E-state index contributed by atoms with van der Waals surface area (Å²) in [7, 11) is 0. The van der Waals surface area contributed by atoms with Crippen LogP contribution in [-0.4, -0.2) is 33.7 Å². The van der Waals surface area contributed by atoms with E-state index >= 15 is 0 Å². The number of benzene rings is 1. The van der Waals surface area contributed by atoms with Crippen LogP contribution < -0.4 is 0 Å². The van der Waals surface area contributed by atoms with Gasteiger partial charge < -0.3 is 10.0 Å². The lowest BCUT2D eigenvalue weighted by Crippen LogP contribution is -2.41. The van der Waals surface area contributed by atoms with Crippen LogP contribution in [0.4, 0.5) is 0 Å². The zero-order chi connectivity index (χ0) is 13.3. The van der Waals surface area contributed by atoms with Crippen LogP contribution in [0.1, 0.15) is 23.4 Å². The highest BCUT2D eigenvalue weighted by Gasteiger charge is 2.40. The second kappa shape index (κ2) is 5.02. The van der Waals surface area contributed by atoms with Crippen LogP contribution in [0, 0.1) is 6.92 Å². The Balaban J connectivity index is 2.30. The zero-order valence-corrected chi connectivity index (χ0v) is 11.1.